The average molecular weight is 258 g/mol. The van der Waals surface area contributed by atoms with Crippen LogP contribution in [0.5, 0.6) is 0 Å². The van der Waals surface area contributed by atoms with E-state index in [0.717, 1.165) is 18.2 Å². The van der Waals surface area contributed by atoms with Crippen molar-refractivity contribution in [2.75, 3.05) is 6.54 Å². The lowest BCUT2D eigenvalue weighted by atomic mass is 9.88. The molecule has 0 bridgehead atoms. The zero-order chi connectivity index (χ0) is 13.7. The number of nitrogens with one attached hydrogen (secondary N) is 1. The van der Waals surface area contributed by atoms with E-state index in [1.165, 1.54) is 5.56 Å². The van der Waals surface area contributed by atoms with Gasteiger partial charge in [-0.15, -0.1) is 0 Å². The number of hydrogen-bond acceptors (Lipinski definition) is 3. The molecule has 0 radical (unpaired) electrons. The summed E-state index contributed by atoms with van der Waals surface area (Å²) in [4.78, 5) is 4.20. The zero-order valence-electron chi connectivity index (χ0n) is 11.9. The van der Waals surface area contributed by atoms with Gasteiger partial charge >= 0.3 is 0 Å². The van der Waals surface area contributed by atoms with E-state index in [4.69, 9.17) is 4.42 Å². The Balaban J connectivity index is 1.91. The van der Waals surface area contributed by atoms with Crippen LogP contribution in [0, 0.1) is 12.8 Å². The molecule has 1 atom stereocenters. The minimum atomic E-state index is 0.511. The molecule has 1 N–H and O–H groups in total. The van der Waals surface area contributed by atoms with E-state index in [0.29, 0.717) is 18.4 Å². The van der Waals surface area contributed by atoms with E-state index in [-0.39, 0.29) is 0 Å². The van der Waals surface area contributed by atoms with Gasteiger partial charge in [-0.1, -0.05) is 44.2 Å². The van der Waals surface area contributed by atoms with Crippen LogP contribution in [0.1, 0.15) is 37.0 Å². The Labute approximate surface area is 115 Å². The van der Waals surface area contributed by atoms with E-state index >= 15 is 0 Å². The predicted molar refractivity (Wildman–Crippen MR) is 77.0 cm³/mol. The fourth-order valence-corrected chi connectivity index (χ4v) is 2.26. The van der Waals surface area contributed by atoms with Crippen molar-refractivity contribution in [1.29, 1.82) is 0 Å². The van der Waals surface area contributed by atoms with Crippen LogP contribution >= 0.6 is 0 Å². The molecule has 2 rings (SSSR count). The summed E-state index contributed by atoms with van der Waals surface area (Å²) in [5.74, 6) is 2.73. The summed E-state index contributed by atoms with van der Waals surface area (Å²) in [5.41, 5.74) is 1.38. The van der Waals surface area contributed by atoms with E-state index < -0.39 is 0 Å². The van der Waals surface area contributed by atoms with Gasteiger partial charge in [0.15, 0.2) is 0 Å². The molecule has 0 saturated carbocycles. The van der Waals surface area contributed by atoms with Crippen molar-refractivity contribution in [1.82, 2.24) is 10.3 Å². The Morgan fingerprint density at radius 1 is 1.21 bits per heavy atom. The number of aromatic nitrogens is 1. The Bertz CT molecular complexity index is 490. The second-order valence-electron chi connectivity index (χ2n) is 5.26. The fourth-order valence-electron chi connectivity index (χ4n) is 2.26. The highest BCUT2D eigenvalue weighted by molar-refractivity contribution is 5.20. The molecule has 2 aromatic rings. The first kappa shape index (κ1) is 13.8. The third-order valence-electron chi connectivity index (χ3n) is 3.34. The monoisotopic (exact) mass is 258 g/mol. The van der Waals surface area contributed by atoms with Gasteiger partial charge in [-0.05, 0) is 24.3 Å². The highest BCUT2D eigenvalue weighted by Gasteiger charge is 2.15. The largest absolute Gasteiger partial charge is 0.445 e. The predicted octanol–water partition coefficient (Wildman–Crippen LogP) is 3.51. The Morgan fingerprint density at radius 3 is 2.53 bits per heavy atom. The van der Waals surface area contributed by atoms with Crippen molar-refractivity contribution in [3.8, 4) is 0 Å². The quantitative estimate of drug-likeness (QED) is 0.861. The molecular formula is C16H22N2O. The molecule has 0 aliphatic heterocycles. The maximum atomic E-state index is 5.46. The first-order chi connectivity index (χ1) is 9.16. The van der Waals surface area contributed by atoms with Crippen LogP contribution in [0.3, 0.4) is 0 Å². The van der Waals surface area contributed by atoms with Crippen LogP contribution in [0.2, 0.25) is 0 Å². The van der Waals surface area contributed by atoms with Crippen molar-refractivity contribution in [3.05, 3.63) is 53.7 Å². The number of aryl methyl sites for hydroxylation is 1. The summed E-state index contributed by atoms with van der Waals surface area (Å²) in [5, 5.41) is 3.44. The number of rotatable bonds is 6. The van der Waals surface area contributed by atoms with E-state index in [9.17, 15) is 0 Å². The van der Waals surface area contributed by atoms with E-state index in [2.05, 4.69) is 54.5 Å². The molecule has 1 heterocycles. The standard InChI is InChI=1S/C16H22N2O/c1-12(2)15(14-7-5-4-6-8-14)10-17-11-16-18-9-13(3)19-16/h4-9,12,15,17H,10-11H2,1-3H3. The average Bonchev–Trinajstić information content (AvgIpc) is 2.81. The summed E-state index contributed by atoms with van der Waals surface area (Å²) in [6, 6.07) is 10.7. The molecule has 19 heavy (non-hydrogen) atoms. The highest BCUT2D eigenvalue weighted by atomic mass is 16.4. The summed E-state index contributed by atoms with van der Waals surface area (Å²) in [6.07, 6.45) is 1.76. The van der Waals surface area contributed by atoms with Gasteiger partial charge in [0, 0.05) is 6.54 Å². The minimum Gasteiger partial charge on any atom is -0.445 e. The molecule has 0 amide bonds. The maximum absolute atomic E-state index is 5.46. The highest BCUT2D eigenvalue weighted by Crippen LogP contribution is 2.23. The SMILES string of the molecule is Cc1cnc(CNCC(c2ccccc2)C(C)C)o1. The molecule has 0 aliphatic carbocycles. The summed E-state index contributed by atoms with van der Waals surface area (Å²) in [6.45, 7) is 8.05. The molecule has 1 aromatic carbocycles. The van der Waals surface area contributed by atoms with Crippen LogP contribution in [0.4, 0.5) is 0 Å². The zero-order valence-corrected chi connectivity index (χ0v) is 11.9. The van der Waals surface area contributed by atoms with Gasteiger partial charge in [0.2, 0.25) is 5.89 Å². The first-order valence-corrected chi connectivity index (χ1v) is 6.84. The van der Waals surface area contributed by atoms with Crippen LogP contribution in [0.15, 0.2) is 40.9 Å². The topological polar surface area (TPSA) is 38.1 Å². The molecule has 1 unspecified atom stereocenters. The fraction of sp³-hybridized carbons (Fsp3) is 0.438. The Morgan fingerprint density at radius 2 is 1.95 bits per heavy atom. The molecule has 1 aromatic heterocycles. The molecule has 0 fully saturated rings. The third-order valence-corrected chi connectivity index (χ3v) is 3.34. The molecule has 0 saturated heterocycles. The van der Waals surface area contributed by atoms with Gasteiger partial charge < -0.3 is 9.73 Å². The van der Waals surface area contributed by atoms with Crippen LogP contribution in [0.25, 0.3) is 0 Å². The summed E-state index contributed by atoms with van der Waals surface area (Å²) >= 11 is 0. The molecule has 3 heteroatoms. The van der Waals surface area contributed by atoms with Gasteiger partial charge in [0.25, 0.3) is 0 Å². The summed E-state index contributed by atoms with van der Waals surface area (Å²) < 4.78 is 5.46. The second-order valence-corrected chi connectivity index (χ2v) is 5.26. The van der Waals surface area contributed by atoms with Gasteiger partial charge in [-0.3, -0.25) is 0 Å². The Kier molecular flexibility index (Phi) is 4.74. The molecular weight excluding hydrogens is 236 g/mol. The minimum absolute atomic E-state index is 0.511. The van der Waals surface area contributed by atoms with Gasteiger partial charge in [-0.2, -0.15) is 0 Å². The summed E-state index contributed by atoms with van der Waals surface area (Å²) in [7, 11) is 0. The molecule has 102 valence electrons. The van der Waals surface area contributed by atoms with Crippen molar-refractivity contribution >= 4 is 0 Å². The van der Waals surface area contributed by atoms with E-state index in [1.807, 2.05) is 6.92 Å². The lowest BCUT2D eigenvalue weighted by Gasteiger charge is -2.21. The number of benzene rings is 1. The molecule has 3 nitrogen and oxygen atoms in total. The van der Waals surface area contributed by atoms with Crippen LogP contribution in [-0.2, 0) is 6.54 Å². The normalized spacial score (nSPS) is 12.8. The van der Waals surface area contributed by atoms with Crippen molar-refractivity contribution in [2.45, 2.75) is 33.2 Å². The van der Waals surface area contributed by atoms with Gasteiger partial charge in [0.05, 0.1) is 12.7 Å². The van der Waals surface area contributed by atoms with Gasteiger partial charge in [0.1, 0.15) is 5.76 Å². The van der Waals surface area contributed by atoms with Crippen LogP contribution < -0.4 is 5.32 Å². The Hall–Kier alpha value is -1.61. The number of nitrogens with zero attached hydrogens (tertiary/aromatic N) is 1. The third kappa shape index (κ3) is 3.93. The molecule has 0 aliphatic rings. The smallest absolute Gasteiger partial charge is 0.208 e. The molecule has 0 spiro atoms. The van der Waals surface area contributed by atoms with Gasteiger partial charge in [-0.25, -0.2) is 4.98 Å². The maximum Gasteiger partial charge on any atom is 0.208 e. The number of oxazole rings is 1. The lowest BCUT2D eigenvalue weighted by Crippen LogP contribution is -2.24. The van der Waals surface area contributed by atoms with Crippen LogP contribution in [-0.4, -0.2) is 11.5 Å². The van der Waals surface area contributed by atoms with Crippen molar-refractivity contribution in [3.63, 3.8) is 0 Å². The van der Waals surface area contributed by atoms with Crippen molar-refractivity contribution in [2.24, 2.45) is 5.92 Å². The second kappa shape index (κ2) is 6.53. The number of hydrogen-bond donors (Lipinski definition) is 1. The van der Waals surface area contributed by atoms with Crippen molar-refractivity contribution < 1.29 is 4.42 Å². The first-order valence-electron chi connectivity index (χ1n) is 6.84. The van der Waals surface area contributed by atoms with E-state index in [1.54, 1.807) is 6.20 Å². The lowest BCUT2D eigenvalue weighted by molar-refractivity contribution is 0.418.